The molecule has 0 aromatic heterocycles. The Kier molecular flexibility index (Phi) is 4.29. The lowest BCUT2D eigenvalue weighted by atomic mass is 10.1. The Hall–Kier alpha value is -1.30. The van der Waals surface area contributed by atoms with Gasteiger partial charge in [0.05, 0.1) is 5.41 Å². The molecule has 2 aliphatic rings. The zero-order valence-electron chi connectivity index (χ0n) is 11.1. The molecule has 3 N–H and O–H groups in total. The maximum absolute atomic E-state index is 12.1. The lowest BCUT2D eigenvalue weighted by Gasteiger charge is -2.25. The van der Waals surface area contributed by atoms with Crippen molar-refractivity contribution in [2.45, 2.75) is 44.6 Å². The number of nitrogens with zero attached hydrogens (tertiary/aromatic N) is 1. The zero-order chi connectivity index (χ0) is 13.9. The zero-order valence-corrected chi connectivity index (χ0v) is 11.1. The van der Waals surface area contributed by atoms with Crippen LogP contribution in [0.2, 0.25) is 0 Å². The number of rotatable bonds is 6. The Morgan fingerprint density at radius 1 is 1.37 bits per heavy atom. The number of carbonyl (C=O) groups excluding carboxylic acids is 1. The highest BCUT2D eigenvalue weighted by Crippen LogP contribution is 2.45. The third-order valence-corrected chi connectivity index (χ3v) is 4.22. The van der Waals surface area contributed by atoms with E-state index in [1.807, 2.05) is 0 Å². The number of likely N-dealkylation sites (tertiary alicyclic amines) is 1. The van der Waals surface area contributed by atoms with Gasteiger partial charge in [-0.1, -0.05) is 0 Å². The summed E-state index contributed by atoms with van der Waals surface area (Å²) in [5, 5.41) is 20.7. The molecule has 2 amide bonds. The molecule has 1 heterocycles. The molecule has 19 heavy (non-hydrogen) atoms. The summed E-state index contributed by atoms with van der Waals surface area (Å²) in [6, 6.07) is 0.0279. The van der Waals surface area contributed by atoms with Gasteiger partial charge in [0.2, 0.25) is 0 Å². The first kappa shape index (κ1) is 14.1. The smallest absolute Gasteiger partial charge is 0.317 e. The highest BCUT2D eigenvalue weighted by molar-refractivity contribution is 5.80. The largest absolute Gasteiger partial charge is 0.481 e. The number of carboxylic acids is 1. The molecule has 0 aromatic rings. The molecule has 1 aliphatic carbocycles. The van der Waals surface area contributed by atoms with E-state index in [0.717, 1.165) is 25.8 Å². The summed E-state index contributed by atoms with van der Waals surface area (Å²) in [5.74, 6) is -0.814. The van der Waals surface area contributed by atoms with Gasteiger partial charge < -0.3 is 20.4 Å². The van der Waals surface area contributed by atoms with E-state index < -0.39 is 11.4 Å². The molecule has 2 rings (SSSR count). The number of aliphatic carboxylic acids is 1. The average Bonchev–Trinajstić information content (AvgIpc) is 3.05. The molecule has 0 bridgehead atoms. The Balaban J connectivity index is 1.80. The maximum Gasteiger partial charge on any atom is 0.317 e. The van der Waals surface area contributed by atoms with Crippen LogP contribution < -0.4 is 5.32 Å². The predicted octanol–water partition coefficient (Wildman–Crippen LogP) is 0.798. The van der Waals surface area contributed by atoms with E-state index in [0.29, 0.717) is 19.3 Å². The van der Waals surface area contributed by atoms with Crippen molar-refractivity contribution >= 4 is 12.0 Å². The Morgan fingerprint density at radius 2 is 2.11 bits per heavy atom. The molecule has 0 radical (unpaired) electrons. The van der Waals surface area contributed by atoms with Crippen LogP contribution in [0.1, 0.15) is 38.5 Å². The Morgan fingerprint density at radius 3 is 2.68 bits per heavy atom. The van der Waals surface area contributed by atoms with Crippen LogP contribution in [0.25, 0.3) is 0 Å². The van der Waals surface area contributed by atoms with Crippen molar-refractivity contribution in [1.29, 1.82) is 0 Å². The molecule has 1 unspecified atom stereocenters. The quantitative estimate of drug-likeness (QED) is 0.666. The van der Waals surface area contributed by atoms with Crippen LogP contribution in [0.5, 0.6) is 0 Å². The first-order valence-corrected chi connectivity index (χ1v) is 6.98. The lowest BCUT2D eigenvalue weighted by Crippen LogP contribution is -2.45. The summed E-state index contributed by atoms with van der Waals surface area (Å²) in [5.41, 5.74) is -0.712. The summed E-state index contributed by atoms with van der Waals surface area (Å²) < 4.78 is 0. The Bertz CT molecular complexity index is 355. The molecule has 1 aliphatic heterocycles. The third-order valence-electron chi connectivity index (χ3n) is 4.22. The highest BCUT2D eigenvalue weighted by atomic mass is 16.4. The predicted molar refractivity (Wildman–Crippen MR) is 68.7 cm³/mol. The molecule has 6 nitrogen and oxygen atoms in total. The molecule has 2 fully saturated rings. The molecule has 1 saturated carbocycles. The van der Waals surface area contributed by atoms with Crippen LogP contribution in [0.3, 0.4) is 0 Å². The van der Waals surface area contributed by atoms with Crippen molar-refractivity contribution in [2.24, 2.45) is 5.41 Å². The van der Waals surface area contributed by atoms with Crippen molar-refractivity contribution < 1.29 is 19.8 Å². The molecule has 0 aromatic carbocycles. The van der Waals surface area contributed by atoms with Crippen molar-refractivity contribution in [3.8, 4) is 0 Å². The summed E-state index contributed by atoms with van der Waals surface area (Å²) in [6.07, 6.45) is 4.76. The molecule has 1 saturated heterocycles. The number of aliphatic hydroxyl groups is 1. The maximum atomic E-state index is 12.1. The van der Waals surface area contributed by atoms with Crippen LogP contribution >= 0.6 is 0 Å². The molecule has 1 atom stereocenters. The minimum atomic E-state index is -0.814. The van der Waals surface area contributed by atoms with Crippen molar-refractivity contribution in [3.63, 3.8) is 0 Å². The minimum Gasteiger partial charge on any atom is -0.481 e. The van der Waals surface area contributed by atoms with E-state index in [2.05, 4.69) is 5.32 Å². The standard InChI is InChI=1S/C13H22N2O4/c16-8-2-4-10-3-1-7-15(10)12(19)14-9-13(5-6-13)11(17)18/h10,16H,1-9H2,(H,14,19)(H,17,18). The van der Waals surface area contributed by atoms with Crippen LogP contribution in [-0.4, -0.2) is 52.9 Å². The lowest BCUT2D eigenvalue weighted by molar-refractivity contribution is -0.143. The molecule has 6 heteroatoms. The summed E-state index contributed by atoms with van der Waals surface area (Å²) in [6.45, 7) is 1.10. The average molecular weight is 270 g/mol. The molecular formula is C13H22N2O4. The number of amides is 2. The second-order valence-corrected chi connectivity index (χ2v) is 5.60. The van der Waals surface area contributed by atoms with Crippen LogP contribution in [0.15, 0.2) is 0 Å². The van der Waals surface area contributed by atoms with Crippen LogP contribution in [0, 0.1) is 5.41 Å². The van der Waals surface area contributed by atoms with Crippen LogP contribution in [-0.2, 0) is 4.79 Å². The number of hydrogen-bond acceptors (Lipinski definition) is 3. The number of carbonyl (C=O) groups is 2. The van der Waals surface area contributed by atoms with Crippen molar-refractivity contribution in [2.75, 3.05) is 19.7 Å². The van der Waals surface area contributed by atoms with E-state index in [-0.39, 0.29) is 25.2 Å². The number of aliphatic hydroxyl groups excluding tert-OH is 1. The van der Waals surface area contributed by atoms with Gasteiger partial charge >= 0.3 is 12.0 Å². The van der Waals surface area contributed by atoms with E-state index in [1.54, 1.807) is 4.90 Å². The van der Waals surface area contributed by atoms with Gasteiger partial charge in [0.25, 0.3) is 0 Å². The van der Waals surface area contributed by atoms with Gasteiger partial charge in [-0.25, -0.2) is 4.79 Å². The van der Waals surface area contributed by atoms with Gasteiger partial charge in [-0.05, 0) is 38.5 Å². The van der Waals surface area contributed by atoms with E-state index in [1.165, 1.54) is 0 Å². The van der Waals surface area contributed by atoms with E-state index in [9.17, 15) is 9.59 Å². The number of hydrogen-bond donors (Lipinski definition) is 3. The fourth-order valence-electron chi connectivity index (χ4n) is 2.69. The highest BCUT2D eigenvalue weighted by Gasteiger charge is 2.50. The van der Waals surface area contributed by atoms with Gasteiger partial charge in [-0.15, -0.1) is 0 Å². The van der Waals surface area contributed by atoms with Crippen molar-refractivity contribution in [1.82, 2.24) is 10.2 Å². The fourth-order valence-corrected chi connectivity index (χ4v) is 2.69. The SMILES string of the molecule is O=C(NCC1(C(=O)O)CC1)N1CCCC1CCCO. The fraction of sp³-hybridized carbons (Fsp3) is 0.846. The second-order valence-electron chi connectivity index (χ2n) is 5.60. The third kappa shape index (κ3) is 3.18. The molecular weight excluding hydrogens is 248 g/mol. The van der Waals surface area contributed by atoms with Gasteiger partial charge in [0.1, 0.15) is 0 Å². The summed E-state index contributed by atoms with van der Waals surface area (Å²) in [4.78, 5) is 24.9. The van der Waals surface area contributed by atoms with Gasteiger partial charge in [-0.2, -0.15) is 0 Å². The minimum absolute atomic E-state index is 0.147. The monoisotopic (exact) mass is 270 g/mol. The van der Waals surface area contributed by atoms with Crippen LogP contribution in [0.4, 0.5) is 4.79 Å². The van der Waals surface area contributed by atoms with E-state index in [4.69, 9.17) is 10.2 Å². The van der Waals surface area contributed by atoms with E-state index >= 15 is 0 Å². The number of carboxylic acid groups (broad SMARTS) is 1. The molecule has 108 valence electrons. The summed E-state index contributed by atoms with van der Waals surface area (Å²) in [7, 11) is 0. The first-order valence-electron chi connectivity index (χ1n) is 6.98. The van der Waals surface area contributed by atoms with Gasteiger partial charge in [0, 0.05) is 25.7 Å². The van der Waals surface area contributed by atoms with Gasteiger partial charge in [0.15, 0.2) is 0 Å². The number of urea groups is 1. The molecule has 0 spiro atoms. The normalized spacial score (nSPS) is 24.3. The second kappa shape index (κ2) is 5.77. The van der Waals surface area contributed by atoms with Gasteiger partial charge in [-0.3, -0.25) is 4.79 Å². The number of nitrogens with one attached hydrogen (secondary N) is 1. The first-order chi connectivity index (χ1) is 9.09. The topological polar surface area (TPSA) is 89.9 Å². The summed E-state index contributed by atoms with van der Waals surface area (Å²) >= 11 is 0. The van der Waals surface area contributed by atoms with Crippen molar-refractivity contribution in [3.05, 3.63) is 0 Å². The Labute approximate surface area is 112 Å².